The molecule has 1 amide bonds. The molecule has 0 bridgehead atoms. The van der Waals surface area contributed by atoms with Gasteiger partial charge in [0, 0.05) is 62.5 Å². The Balaban J connectivity index is 1.45. The Labute approximate surface area is 247 Å². The average Bonchev–Trinajstić information content (AvgIpc) is 3.53. The Morgan fingerprint density at radius 3 is 2.56 bits per heavy atom. The van der Waals surface area contributed by atoms with Crippen molar-refractivity contribution < 1.29 is 27.9 Å². The van der Waals surface area contributed by atoms with E-state index in [0.29, 0.717) is 47.8 Å². The van der Waals surface area contributed by atoms with Gasteiger partial charge in [-0.05, 0) is 49.2 Å². The molecule has 43 heavy (non-hydrogen) atoms. The number of nitrogens with two attached hydrogens (primary N) is 1. The van der Waals surface area contributed by atoms with E-state index in [1.54, 1.807) is 36.0 Å². The number of primary amides is 1. The van der Waals surface area contributed by atoms with Crippen LogP contribution in [0.1, 0.15) is 45.4 Å². The summed E-state index contributed by atoms with van der Waals surface area (Å²) in [6.45, 7) is 4.89. The fourth-order valence-corrected chi connectivity index (χ4v) is 5.39. The predicted molar refractivity (Wildman–Crippen MR) is 153 cm³/mol. The minimum absolute atomic E-state index is 0.0663. The van der Waals surface area contributed by atoms with E-state index in [0.717, 1.165) is 17.3 Å². The molecule has 4 aromatic rings. The lowest BCUT2D eigenvalue weighted by molar-refractivity contribution is -0.155. The van der Waals surface area contributed by atoms with Gasteiger partial charge >= 0.3 is 0 Å². The first-order valence-corrected chi connectivity index (χ1v) is 13.8. The highest BCUT2D eigenvalue weighted by molar-refractivity contribution is 5.92. The number of methoxy groups -OCH3 is 1. The number of benzene rings is 1. The topological polar surface area (TPSA) is 125 Å². The van der Waals surface area contributed by atoms with Crippen molar-refractivity contribution in [3.05, 3.63) is 94.7 Å². The summed E-state index contributed by atoms with van der Waals surface area (Å²) >= 11 is 0. The molecule has 0 aliphatic carbocycles. The van der Waals surface area contributed by atoms with Crippen molar-refractivity contribution in [3.63, 3.8) is 0 Å². The second-order valence-electron chi connectivity index (χ2n) is 10.5. The number of Topliss-reactive ketones (excluding diaryl/α,β-unsaturated/α-hetero) is 1. The quantitative estimate of drug-likeness (QED) is 0.259. The molecule has 0 radical (unpaired) electrons. The Kier molecular flexibility index (Phi) is 9.00. The van der Waals surface area contributed by atoms with Crippen molar-refractivity contribution in [1.82, 2.24) is 24.8 Å². The van der Waals surface area contributed by atoms with E-state index in [1.807, 2.05) is 37.3 Å². The summed E-state index contributed by atoms with van der Waals surface area (Å²) in [4.78, 5) is 39.2. The van der Waals surface area contributed by atoms with Gasteiger partial charge in [0.25, 0.3) is 5.91 Å². The number of rotatable bonds is 11. The van der Waals surface area contributed by atoms with Crippen LogP contribution in [0.15, 0.2) is 54.9 Å². The van der Waals surface area contributed by atoms with Crippen LogP contribution in [-0.4, -0.2) is 63.3 Å². The summed E-state index contributed by atoms with van der Waals surface area (Å²) in [5.41, 5.74) is 10.2. The first kappa shape index (κ1) is 30.1. The molecule has 1 saturated heterocycles. The van der Waals surface area contributed by atoms with Gasteiger partial charge in [0.05, 0.1) is 23.7 Å². The van der Waals surface area contributed by atoms with Crippen LogP contribution in [0.2, 0.25) is 0 Å². The van der Waals surface area contributed by atoms with Crippen molar-refractivity contribution >= 4 is 11.7 Å². The Bertz CT molecular complexity index is 1640. The molecule has 224 valence electrons. The minimum atomic E-state index is -1.19. The van der Waals surface area contributed by atoms with Crippen LogP contribution in [0.25, 0.3) is 16.9 Å². The van der Waals surface area contributed by atoms with E-state index in [4.69, 9.17) is 20.4 Å². The number of hydrogen-bond donors (Lipinski definition) is 1. The lowest BCUT2D eigenvalue weighted by atomic mass is 9.91. The number of pyridine rings is 2. The molecule has 2 N–H and O–H groups in total. The third-order valence-corrected chi connectivity index (χ3v) is 7.50. The van der Waals surface area contributed by atoms with Crippen LogP contribution >= 0.6 is 0 Å². The third kappa shape index (κ3) is 6.51. The van der Waals surface area contributed by atoms with Gasteiger partial charge in [0.2, 0.25) is 5.95 Å². The first-order chi connectivity index (χ1) is 20.7. The zero-order valence-electron chi connectivity index (χ0n) is 24.1. The van der Waals surface area contributed by atoms with Crippen LogP contribution < -0.4 is 5.73 Å². The molecule has 10 nitrogen and oxygen atoms in total. The molecule has 0 saturated carbocycles. The Hall–Kier alpha value is -4.39. The fourth-order valence-electron chi connectivity index (χ4n) is 5.39. The van der Waals surface area contributed by atoms with Crippen LogP contribution in [-0.2, 0) is 20.8 Å². The van der Waals surface area contributed by atoms with E-state index in [1.165, 1.54) is 6.20 Å². The van der Waals surface area contributed by atoms with Gasteiger partial charge in [0.15, 0.2) is 5.82 Å². The lowest BCUT2D eigenvalue weighted by Gasteiger charge is -2.17. The number of ketones is 1. The number of amides is 1. The van der Waals surface area contributed by atoms with Gasteiger partial charge in [-0.2, -0.15) is 14.6 Å². The number of ether oxygens (including phenoxy) is 1. The third-order valence-electron chi connectivity index (χ3n) is 7.50. The smallest absolute Gasteiger partial charge is 0.267 e. The molecular weight excluding hydrogens is 558 g/mol. The number of hydrogen-bond acceptors (Lipinski definition) is 8. The largest absolute Gasteiger partial charge is 0.383 e. The highest BCUT2D eigenvalue weighted by Crippen LogP contribution is 2.37. The number of para-hydroxylation sites is 1. The molecule has 1 aromatic carbocycles. The summed E-state index contributed by atoms with van der Waals surface area (Å²) in [6.07, 6.45) is 2.29. The maximum absolute atomic E-state index is 14.1. The van der Waals surface area contributed by atoms with Gasteiger partial charge in [-0.15, -0.1) is 0 Å². The van der Waals surface area contributed by atoms with Gasteiger partial charge in [-0.1, -0.05) is 18.2 Å². The maximum Gasteiger partial charge on any atom is 0.267 e. The molecule has 1 aliphatic rings. The molecule has 3 aromatic heterocycles. The number of hydroxylamine groups is 2. The van der Waals surface area contributed by atoms with E-state index < -0.39 is 23.8 Å². The number of carbonyl (C=O) groups is 2. The van der Waals surface area contributed by atoms with Crippen LogP contribution in [0.4, 0.5) is 8.78 Å². The maximum atomic E-state index is 14.1. The summed E-state index contributed by atoms with van der Waals surface area (Å²) < 4.78 is 34.5. The number of carbonyl (C=O) groups excluding carboxylic acids is 2. The van der Waals surface area contributed by atoms with Gasteiger partial charge < -0.3 is 10.5 Å². The molecule has 12 heteroatoms. The summed E-state index contributed by atoms with van der Waals surface area (Å²) in [5, 5.41) is 6.53. The predicted octanol–water partition coefficient (Wildman–Crippen LogP) is 4.08. The van der Waals surface area contributed by atoms with Crippen molar-refractivity contribution in [1.29, 1.82) is 0 Å². The van der Waals surface area contributed by atoms with E-state index >= 15 is 0 Å². The standard InChI is InChI=1S/C31H32F2N6O4/c1-18-11-20(15-35-27(18)31(34)41)28-19(2)26(39(37-28)23-7-5-4-6-8-23)14-24(40)12-22-17-38(9-10-42-3)43-29(22)21-13-25(32)30(33)36-16-21/h4-8,11,13,15-16,22,29H,9-10,12,14,17H2,1-3H3,(H2,34,41)/t22-,29+/m1/s1. The van der Waals surface area contributed by atoms with Crippen molar-refractivity contribution in [2.45, 2.75) is 32.8 Å². The highest BCUT2D eigenvalue weighted by Gasteiger charge is 2.37. The second kappa shape index (κ2) is 12.9. The zero-order chi connectivity index (χ0) is 30.7. The number of halogens is 2. The summed E-state index contributed by atoms with van der Waals surface area (Å²) in [6, 6.07) is 12.3. The molecule has 0 unspecified atom stereocenters. The second-order valence-corrected chi connectivity index (χ2v) is 10.5. The Morgan fingerprint density at radius 2 is 1.88 bits per heavy atom. The summed E-state index contributed by atoms with van der Waals surface area (Å²) in [7, 11) is 1.57. The minimum Gasteiger partial charge on any atom is -0.383 e. The number of nitrogens with zero attached hydrogens (tertiary/aromatic N) is 5. The van der Waals surface area contributed by atoms with E-state index in [-0.39, 0.29) is 30.2 Å². The van der Waals surface area contributed by atoms with E-state index in [2.05, 4.69) is 9.97 Å². The lowest BCUT2D eigenvalue weighted by Crippen LogP contribution is -2.24. The average molecular weight is 591 g/mol. The van der Waals surface area contributed by atoms with Crippen molar-refractivity contribution in [2.24, 2.45) is 11.7 Å². The first-order valence-electron chi connectivity index (χ1n) is 13.8. The molecule has 1 aliphatic heterocycles. The van der Waals surface area contributed by atoms with Gasteiger partial charge in [0.1, 0.15) is 17.6 Å². The van der Waals surface area contributed by atoms with Crippen LogP contribution in [0.3, 0.4) is 0 Å². The molecule has 1 fully saturated rings. The zero-order valence-corrected chi connectivity index (χ0v) is 24.1. The molecule has 2 atom stereocenters. The van der Waals surface area contributed by atoms with Crippen molar-refractivity contribution in [3.8, 4) is 16.9 Å². The highest BCUT2D eigenvalue weighted by atomic mass is 19.2. The molecule has 0 spiro atoms. The van der Waals surface area contributed by atoms with Crippen LogP contribution in [0.5, 0.6) is 0 Å². The number of aromatic nitrogens is 4. The van der Waals surface area contributed by atoms with Crippen LogP contribution in [0, 0.1) is 31.5 Å². The molecule has 5 rings (SSSR count). The van der Waals surface area contributed by atoms with Gasteiger partial charge in [-0.3, -0.25) is 19.4 Å². The SMILES string of the molecule is COCCN1C[C@@H](CC(=O)Cc2c(C)c(-c3cnc(C(N)=O)c(C)c3)nn2-c2ccccc2)[C@H](c2cnc(F)c(F)c2)O1. The normalized spacial score (nSPS) is 17.0. The van der Waals surface area contributed by atoms with Crippen molar-refractivity contribution in [2.75, 3.05) is 26.8 Å². The molecule has 4 heterocycles. The monoisotopic (exact) mass is 590 g/mol. The Morgan fingerprint density at radius 1 is 1.12 bits per heavy atom. The van der Waals surface area contributed by atoms with E-state index in [9.17, 15) is 18.4 Å². The summed E-state index contributed by atoms with van der Waals surface area (Å²) in [5.74, 6) is -3.30. The van der Waals surface area contributed by atoms with Gasteiger partial charge in [-0.25, -0.2) is 14.1 Å². The number of aryl methyl sites for hydroxylation is 1. The molecular formula is C31H32F2N6O4. The fraction of sp³-hybridized carbons (Fsp3) is 0.323.